The number of thiophene rings is 1. The minimum Gasteiger partial charge on any atom is -0.465 e. The fraction of sp³-hybridized carbons (Fsp3) is 0.500. The van der Waals surface area contributed by atoms with Gasteiger partial charge in [0.05, 0.1) is 12.7 Å². The molecule has 0 aliphatic carbocycles. The molecule has 0 amide bonds. The summed E-state index contributed by atoms with van der Waals surface area (Å²) in [6.45, 7) is 5.33. The van der Waals surface area contributed by atoms with Crippen molar-refractivity contribution in [1.82, 2.24) is 14.5 Å². The zero-order valence-corrected chi connectivity index (χ0v) is 20.2. The number of hydrogen-bond donors (Lipinski definition) is 1. The van der Waals surface area contributed by atoms with Crippen molar-refractivity contribution in [1.29, 1.82) is 0 Å². The molecule has 0 fully saturated rings. The number of carbonyl (C=O) groups is 1. The van der Waals surface area contributed by atoms with E-state index in [1.165, 1.54) is 24.0 Å². The lowest BCUT2D eigenvalue weighted by Gasteiger charge is -2.29. The van der Waals surface area contributed by atoms with Crippen molar-refractivity contribution in [2.75, 3.05) is 47.4 Å². The molecule has 1 aromatic heterocycles. The van der Waals surface area contributed by atoms with Gasteiger partial charge < -0.3 is 9.64 Å². The second-order valence-electron chi connectivity index (χ2n) is 8.16. The van der Waals surface area contributed by atoms with Crippen molar-refractivity contribution in [2.24, 2.45) is 0 Å². The van der Waals surface area contributed by atoms with Crippen LogP contribution < -0.4 is 4.72 Å². The number of benzene rings is 1. The van der Waals surface area contributed by atoms with Gasteiger partial charge in [0.15, 0.2) is 0 Å². The second kappa shape index (κ2) is 10.2. The summed E-state index contributed by atoms with van der Waals surface area (Å²) in [5.41, 5.74) is 2.30. The molecule has 7 nitrogen and oxygen atoms in total. The summed E-state index contributed by atoms with van der Waals surface area (Å²) in [7, 11) is 1.25. The highest BCUT2D eigenvalue weighted by Gasteiger charge is 2.34. The molecule has 1 aromatic carbocycles. The minimum absolute atomic E-state index is 0.0704. The molecule has 2 heterocycles. The summed E-state index contributed by atoms with van der Waals surface area (Å²) in [5, 5.41) is 0. The van der Waals surface area contributed by atoms with Crippen molar-refractivity contribution in [3.05, 3.63) is 51.9 Å². The van der Waals surface area contributed by atoms with E-state index in [1.807, 2.05) is 37.2 Å². The molecule has 2 aromatic rings. The monoisotopic (exact) mass is 465 g/mol. The maximum atomic E-state index is 13.0. The molecule has 0 saturated heterocycles. The molecule has 1 unspecified atom stereocenters. The molecule has 1 N–H and O–H groups in total. The molecule has 1 aliphatic rings. The van der Waals surface area contributed by atoms with E-state index >= 15 is 0 Å². The van der Waals surface area contributed by atoms with E-state index in [4.69, 9.17) is 4.74 Å². The maximum Gasteiger partial charge on any atom is 0.340 e. The first-order valence-corrected chi connectivity index (χ1v) is 12.7. The van der Waals surface area contributed by atoms with E-state index in [2.05, 4.69) is 28.7 Å². The van der Waals surface area contributed by atoms with Gasteiger partial charge in [-0.2, -0.15) is 0 Å². The van der Waals surface area contributed by atoms with Crippen LogP contribution in [0.3, 0.4) is 0 Å². The van der Waals surface area contributed by atoms with Gasteiger partial charge in [-0.3, -0.25) is 4.90 Å². The highest BCUT2D eigenvalue weighted by molar-refractivity contribution is 7.91. The van der Waals surface area contributed by atoms with E-state index in [1.54, 1.807) is 0 Å². The van der Waals surface area contributed by atoms with E-state index in [-0.39, 0.29) is 16.3 Å². The summed E-state index contributed by atoms with van der Waals surface area (Å²) in [4.78, 5) is 17.7. The first-order chi connectivity index (χ1) is 14.7. The van der Waals surface area contributed by atoms with Gasteiger partial charge in [0, 0.05) is 37.6 Å². The predicted molar refractivity (Wildman–Crippen MR) is 123 cm³/mol. The molecule has 0 bridgehead atoms. The number of esters is 1. The number of carbonyl (C=O) groups excluding carboxylic acids is 1. The Hall–Kier alpha value is -1.78. The van der Waals surface area contributed by atoms with E-state index in [9.17, 15) is 13.2 Å². The third-order valence-corrected chi connectivity index (χ3v) is 8.69. The summed E-state index contributed by atoms with van der Waals surface area (Å²) in [5.74, 6) is -0.227. The normalized spacial score (nSPS) is 15.6. The summed E-state index contributed by atoms with van der Waals surface area (Å²) >= 11 is 1.19. The van der Waals surface area contributed by atoms with Crippen LogP contribution >= 0.6 is 11.3 Å². The van der Waals surface area contributed by atoms with Gasteiger partial charge >= 0.3 is 5.97 Å². The van der Waals surface area contributed by atoms with Gasteiger partial charge in [-0.05, 0) is 37.6 Å². The highest BCUT2D eigenvalue weighted by Crippen LogP contribution is 2.37. The smallest absolute Gasteiger partial charge is 0.340 e. The Bertz CT molecular complexity index is 1000. The Morgan fingerprint density at radius 1 is 1.29 bits per heavy atom. The molecule has 170 valence electrons. The van der Waals surface area contributed by atoms with E-state index in [0.717, 1.165) is 23.5 Å². The third kappa shape index (κ3) is 5.72. The number of ether oxygens (including phenoxy) is 1. The molecule has 1 atom stereocenters. The number of likely N-dealkylation sites (N-methyl/N-ethyl adjacent to an activating group) is 1. The Labute approximate surface area is 189 Å². The van der Waals surface area contributed by atoms with Crippen molar-refractivity contribution < 1.29 is 17.9 Å². The maximum absolute atomic E-state index is 13.0. The number of sulfonamides is 1. The van der Waals surface area contributed by atoms with Gasteiger partial charge in [-0.25, -0.2) is 17.9 Å². The summed E-state index contributed by atoms with van der Waals surface area (Å²) in [6, 6.07) is 10.4. The first kappa shape index (κ1) is 23.9. The van der Waals surface area contributed by atoms with Gasteiger partial charge in [-0.1, -0.05) is 37.3 Å². The Morgan fingerprint density at radius 3 is 2.65 bits per heavy atom. The largest absolute Gasteiger partial charge is 0.465 e. The minimum atomic E-state index is -3.80. The van der Waals surface area contributed by atoms with Crippen LogP contribution in [-0.2, 0) is 27.7 Å². The molecule has 3 rings (SSSR count). The van der Waals surface area contributed by atoms with Crippen LogP contribution in [0.2, 0.25) is 0 Å². The molecule has 0 radical (unpaired) electrons. The third-order valence-electron chi connectivity index (χ3n) is 5.49. The zero-order chi connectivity index (χ0) is 22.6. The second-order valence-corrected chi connectivity index (χ2v) is 11.2. The SMILES string of the molecule is COC(=O)c1c(S(=O)(=O)NCCN(C)C)sc2c1CCN(CC(C)c1ccccc1)C2. The van der Waals surface area contributed by atoms with Crippen LogP contribution in [0.4, 0.5) is 0 Å². The standard InChI is InChI=1S/C22H31N3O4S2/c1-16(17-8-6-5-7-9-17)14-25-12-10-18-19(15-25)30-22(20(18)21(26)29-4)31(27,28)23-11-13-24(2)3/h5-9,16,23H,10-15H2,1-4H3. The van der Waals surface area contributed by atoms with E-state index in [0.29, 0.717) is 25.4 Å². The number of rotatable bonds is 9. The van der Waals surface area contributed by atoms with Crippen LogP contribution in [0.1, 0.15) is 39.2 Å². The fourth-order valence-corrected chi connectivity index (χ4v) is 6.82. The van der Waals surface area contributed by atoms with Crippen LogP contribution in [-0.4, -0.2) is 71.6 Å². The molecule has 9 heteroatoms. The molecule has 31 heavy (non-hydrogen) atoms. The van der Waals surface area contributed by atoms with Crippen molar-refractivity contribution in [2.45, 2.75) is 30.0 Å². The topological polar surface area (TPSA) is 78.9 Å². The van der Waals surface area contributed by atoms with E-state index < -0.39 is 16.0 Å². The Kier molecular flexibility index (Phi) is 7.87. The quantitative estimate of drug-likeness (QED) is 0.574. The number of nitrogens with zero attached hydrogens (tertiary/aromatic N) is 2. The van der Waals surface area contributed by atoms with Crippen LogP contribution in [0.5, 0.6) is 0 Å². The van der Waals surface area contributed by atoms with Crippen molar-refractivity contribution >= 4 is 27.3 Å². The molecular weight excluding hydrogens is 434 g/mol. The number of fused-ring (bicyclic) bond motifs is 1. The van der Waals surface area contributed by atoms with Gasteiger partial charge in [0.25, 0.3) is 10.0 Å². The Balaban J connectivity index is 1.82. The van der Waals surface area contributed by atoms with Gasteiger partial charge in [0.1, 0.15) is 4.21 Å². The lowest BCUT2D eigenvalue weighted by Crippen LogP contribution is -2.33. The average molecular weight is 466 g/mol. The molecular formula is C22H31N3O4S2. The molecule has 0 spiro atoms. The zero-order valence-electron chi connectivity index (χ0n) is 18.6. The number of nitrogens with one attached hydrogen (secondary N) is 1. The van der Waals surface area contributed by atoms with Gasteiger partial charge in [-0.15, -0.1) is 11.3 Å². The van der Waals surface area contributed by atoms with Gasteiger partial charge in [0.2, 0.25) is 0 Å². The number of methoxy groups -OCH3 is 1. The van der Waals surface area contributed by atoms with Crippen LogP contribution in [0.25, 0.3) is 0 Å². The number of hydrogen-bond acceptors (Lipinski definition) is 7. The molecule has 1 aliphatic heterocycles. The fourth-order valence-electron chi connectivity index (χ4n) is 3.83. The lowest BCUT2D eigenvalue weighted by molar-refractivity contribution is 0.0595. The van der Waals surface area contributed by atoms with Crippen LogP contribution in [0.15, 0.2) is 34.5 Å². The summed E-state index contributed by atoms with van der Waals surface area (Å²) < 4.78 is 33.6. The van der Waals surface area contributed by atoms with Crippen molar-refractivity contribution in [3.63, 3.8) is 0 Å². The average Bonchev–Trinajstić information content (AvgIpc) is 3.13. The van der Waals surface area contributed by atoms with Crippen LogP contribution in [0, 0.1) is 0 Å². The van der Waals surface area contributed by atoms with Crippen molar-refractivity contribution in [3.8, 4) is 0 Å². The Morgan fingerprint density at radius 2 is 2.00 bits per heavy atom. The lowest BCUT2D eigenvalue weighted by atomic mass is 9.98. The predicted octanol–water partition coefficient (Wildman–Crippen LogP) is 2.54. The highest BCUT2D eigenvalue weighted by atomic mass is 32.2. The first-order valence-electron chi connectivity index (χ1n) is 10.4. The molecule has 0 saturated carbocycles. The summed E-state index contributed by atoms with van der Waals surface area (Å²) in [6.07, 6.45) is 0.630.